The first-order chi connectivity index (χ1) is 64.4. The summed E-state index contributed by atoms with van der Waals surface area (Å²) in [6.07, 6.45) is 1.88. The highest BCUT2D eigenvalue weighted by atomic mass is 19.2. The number of halogens is 20. The highest BCUT2D eigenvalue weighted by Crippen LogP contribution is 2.44. The Morgan fingerprint density at radius 1 is 0.196 bits per heavy atom. The third-order valence-corrected chi connectivity index (χ3v) is 16.8. The van der Waals surface area contributed by atoms with Gasteiger partial charge in [-0.1, -0.05) is 90.1 Å². The molecule has 0 bridgehead atoms. The summed E-state index contributed by atoms with van der Waals surface area (Å²) in [5.41, 5.74) is -7.73. The molecular formula is C98H66F20O20. The molecule has 0 N–H and O–H groups in total. The second-order valence-corrected chi connectivity index (χ2v) is 28.2. The Morgan fingerprint density at radius 3 is 0.580 bits per heavy atom. The maximum Gasteiger partial charge on any atom is 0.338 e. The van der Waals surface area contributed by atoms with Crippen LogP contribution in [-0.2, 0) is 47.9 Å². The molecule has 0 amide bonds. The van der Waals surface area contributed by atoms with Gasteiger partial charge in [-0.15, -0.1) is 0 Å². The summed E-state index contributed by atoms with van der Waals surface area (Å²) in [4.78, 5) is 114. The minimum Gasteiger partial charge on any atom is -0.423 e. The van der Waals surface area contributed by atoms with Crippen molar-refractivity contribution < 1.29 is 183 Å². The Bertz CT molecular complexity index is 6340. The van der Waals surface area contributed by atoms with Gasteiger partial charge in [0.1, 0.15) is 81.0 Å². The lowest BCUT2D eigenvalue weighted by Gasteiger charge is -2.15. The largest absolute Gasteiger partial charge is 0.423 e. The van der Waals surface area contributed by atoms with Crippen molar-refractivity contribution in [2.75, 3.05) is 0 Å². The number of carbonyl (C=O) groups excluding carboxylic acids is 10. The molecule has 20 nitrogen and oxygen atoms in total. The fraction of sp³-hybridized carbons (Fsp3) is 0.0816. The molecule has 0 atom stereocenters. The number of carbonyl (C=O) groups is 10. The summed E-state index contributed by atoms with van der Waals surface area (Å²) in [6.45, 7) is 42.9. The van der Waals surface area contributed by atoms with Crippen LogP contribution in [0.5, 0.6) is 57.5 Å². The normalized spacial score (nSPS) is 10.3. The molecule has 0 aromatic heterocycles. The molecule has 0 aliphatic carbocycles. The summed E-state index contributed by atoms with van der Waals surface area (Å²) < 4.78 is 332. The minimum absolute atomic E-state index is 0.0121. The number of esters is 10. The van der Waals surface area contributed by atoms with E-state index in [4.69, 9.17) is 23.7 Å². The van der Waals surface area contributed by atoms with E-state index in [-0.39, 0.29) is 89.8 Å². The molecule has 0 radical (unpaired) electrons. The zero-order chi connectivity index (χ0) is 104. The Hall–Kier alpha value is -17.1. The summed E-state index contributed by atoms with van der Waals surface area (Å²) >= 11 is 0. The molecule has 0 aliphatic heterocycles. The van der Waals surface area contributed by atoms with E-state index in [9.17, 15) is 136 Å². The molecule has 138 heavy (non-hydrogen) atoms. The summed E-state index contributed by atoms with van der Waals surface area (Å²) in [7, 11) is 0. The van der Waals surface area contributed by atoms with Crippen LogP contribution in [0.25, 0.3) is 55.6 Å². The highest BCUT2D eigenvalue weighted by Gasteiger charge is 2.38. The van der Waals surface area contributed by atoms with Crippen molar-refractivity contribution in [1.82, 2.24) is 0 Å². The molecule has 0 unspecified atom stereocenters. The van der Waals surface area contributed by atoms with Crippen molar-refractivity contribution in [2.45, 2.75) is 55.4 Å². The lowest BCUT2D eigenvalue weighted by atomic mass is 10.0. The first-order valence-electron chi connectivity index (χ1n) is 37.9. The average Bonchev–Trinajstić information content (AvgIpc) is 0.741. The van der Waals surface area contributed by atoms with Crippen LogP contribution >= 0.6 is 0 Å². The number of hydrogen-bond acceptors (Lipinski definition) is 20. The molecule has 0 fully saturated rings. The number of ether oxygens (including phenoxy) is 10. The van der Waals surface area contributed by atoms with Gasteiger partial charge in [0.2, 0.25) is 46.3 Å². The number of rotatable bonds is 25. The molecule has 0 spiro atoms. The van der Waals surface area contributed by atoms with Gasteiger partial charge in [0.05, 0.1) is 33.4 Å². The second kappa shape index (κ2) is 47.5. The minimum atomic E-state index is -2.54. The van der Waals surface area contributed by atoms with Crippen LogP contribution in [0.1, 0.15) is 55.4 Å². The van der Waals surface area contributed by atoms with E-state index in [0.717, 1.165) is 74.5 Å². The van der Waals surface area contributed by atoms with Crippen molar-refractivity contribution in [2.24, 2.45) is 0 Å². The quantitative estimate of drug-likeness (QED) is 0.0169. The Kier molecular flexibility index (Phi) is 37.7. The number of benzene rings is 10. The third kappa shape index (κ3) is 28.0. The molecule has 0 aliphatic rings. The van der Waals surface area contributed by atoms with Crippen molar-refractivity contribution in [3.63, 3.8) is 0 Å². The van der Waals surface area contributed by atoms with Gasteiger partial charge in [-0.25, -0.2) is 118 Å². The molecule has 718 valence electrons. The predicted octanol–water partition coefficient (Wildman–Crippen LogP) is 23.6. The lowest BCUT2D eigenvalue weighted by molar-refractivity contribution is -0.131. The van der Waals surface area contributed by atoms with Gasteiger partial charge in [0, 0.05) is 105 Å². The van der Waals surface area contributed by atoms with E-state index in [2.05, 4.69) is 89.5 Å². The summed E-state index contributed by atoms with van der Waals surface area (Å²) in [5.74, 6) is -50.7. The molecule has 10 aromatic carbocycles. The summed E-state index contributed by atoms with van der Waals surface area (Å²) in [6, 6.07) is 20.2. The highest BCUT2D eigenvalue weighted by molar-refractivity contribution is 5.94. The van der Waals surface area contributed by atoms with Crippen LogP contribution in [0.4, 0.5) is 87.8 Å². The third-order valence-electron chi connectivity index (χ3n) is 16.8. The standard InChI is InChI=1S/C20H10F8O4.2C20H14F4O4.C20H16F2O4.C18H12F2O4/c1-5(2)19(29)31-17-13(25)9(21)7(10(22)14(17)26)8-11(23)15(27)18(16(28)12(8)24)32-20(30)6(3)4;1-9(2)19(25)27-11-5-13(21)17(14(22)6-11)18-15(23)7-12(8-16(18)24)28-20(26)10(3)4;1-9(2)19(25)27-17-13(21)5-11(6-14(17)22)12-7-15(23)18(16(24)8-12)28-20(26)10(3)4;1-11(2)19(23)25-14-7-5-13(6-8-14)18-16(21)9-15(10-17(18)22)26-20(24)12(3)4;1-3-16(21)23-12-7-5-11(6-8-12)18-14(19)9-13(10-15(18)20)24-17(22)4-2/h1,3H2,2,4H3;2*5-8H,1,3H2,2,4H3;5-10H,1,3H2,2,4H3;3-10H,1-2H2. The van der Waals surface area contributed by atoms with Crippen molar-refractivity contribution in [3.05, 3.63) is 360 Å². The van der Waals surface area contributed by atoms with Crippen LogP contribution in [-0.4, -0.2) is 59.7 Å². The zero-order valence-corrected chi connectivity index (χ0v) is 72.5. The second-order valence-electron chi connectivity index (χ2n) is 28.2. The molecule has 0 heterocycles. The van der Waals surface area contributed by atoms with Gasteiger partial charge in [-0.2, -0.15) is 17.6 Å². The van der Waals surface area contributed by atoms with E-state index in [1.165, 1.54) is 90.1 Å². The SMILES string of the molecule is C=C(C)C(=O)Oc1c(F)c(F)c(-c2c(F)c(F)c(OC(=O)C(=C)C)c(F)c2F)c(F)c1F.C=C(C)C(=O)Oc1c(F)cc(-c2cc(F)c(OC(=O)C(=C)C)c(F)c2)cc1F.C=C(C)C(=O)Oc1cc(F)c(-c2c(F)cc(OC(=O)C(=C)C)cc2F)c(F)c1.C=C(C)C(=O)Oc1ccc(-c2c(F)cc(OC(=O)C(=C)C)cc2F)cc1.C=CC(=O)Oc1ccc(-c2c(F)cc(OC(=O)C=C)cc2F)cc1. The van der Waals surface area contributed by atoms with Crippen LogP contribution in [0, 0.1) is 116 Å². The lowest BCUT2D eigenvalue weighted by Crippen LogP contribution is -2.15. The van der Waals surface area contributed by atoms with Gasteiger partial charge < -0.3 is 47.4 Å². The van der Waals surface area contributed by atoms with E-state index in [1.54, 1.807) is 0 Å². The molecule has 0 saturated heterocycles. The monoisotopic (exact) mass is 1940 g/mol. The van der Waals surface area contributed by atoms with E-state index >= 15 is 0 Å². The van der Waals surface area contributed by atoms with E-state index < -0.39 is 244 Å². The number of hydrogen-bond donors (Lipinski definition) is 0. The first-order valence-corrected chi connectivity index (χ1v) is 37.9. The Labute approximate surface area is 768 Å². The van der Waals surface area contributed by atoms with Crippen LogP contribution in [0.15, 0.2) is 244 Å². The van der Waals surface area contributed by atoms with Gasteiger partial charge in [0.25, 0.3) is 0 Å². The van der Waals surface area contributed by atoms with Gasteiger partial charge in [0.15, 0.2) is 46.5 Å². The Morgan fingerprint density at radius 2 is 0.370 bits per heavy atom. The maximum atomic E-state index is 14.4. The maximum absolute atomic E-state index is 14.4. The fourth-order valence-electron chi connectivity index (χ4n) is 10.1. The van der Waals surface area contributed by atoms with Crippen molar-refractivity contribution >= 4 is 59.7 Å². The van der Waals surface area contributed by atoms with E-state index in [0.29, 0.717) is 24.3 Å². The molecule has 10 aromatic rings. The van der Waals surface area contributed by atoms with Gasteiger partial charge >= 0.3 is 59.7 Å². The fourth-order valence-corrected chi connectivity index (χ4v) is 10.1. The van der Waals surface area contributed by atoms with Gasteiger partial charge in [-0.3, -0.25) is 0 Å². The molecule has 0 saturated carbocycles. The van der Waals surface area contributed by atoms with Gasteiger partial charge in [-0.05, 0) is 126 Å². The molecule has 40 heteroatoms. The van der Waals surface area contributed by atoms with Crippen LogP contribution in [0.3, 0.4) is 0 Å². The van der Waals surface area contributed by atoms with Crippen molar-refractivity contribution in [1.29, 1.82) is 0 Å². The first kappa shape index (κ1) is 110. The van der Waals surface area contributed by atoms with Crippen LogP contribution < -0.4 is 47.4 Å². The van der Waals surface area contributed by atoms with Crippen molar-refractivity contribution in [3.8, 4) is 113 Å². The van der Waals surface area contributed by atoms with Crippen LogP contribution in [0.2, 0.25) is 0 Å². The smallest absolute Gasteiger partial charge is 0.338 e. The molecule has 10 rings (SSSR count). The zero-order valence-electron chi connectivity index (χ0n) is 72.5. The van der Waals surface area contributed by atoms with E-state index in [1.807, 2.05) is 0 Å². The average molecular weight is 1940 g/mol. The summed E-state index contributed by atoms with van der Waals surface area (Å²) in [5, 5.41) is 0. The molecular weight excluding hydrogens is 1880 g/mol. The predicted molar refractivity (Wildman–Crippen MR) is 454 cm³/mol. The topological polar surface area (TPSA) is 263 Å². The Balaban J connectivity index is 0.000000265.